The van der Waals surface area contributed by atoms with Crippen LogP contribution in [0, 0.1) is 49.3 Å². The van der Waals surface area contributed by atoms with E-state index in [9.17, 15) is 42.2 Å². The van der Waals surface area contributed by atoms with Crippen LogP contribution in [0.15, 0.2) is 139 Å². The number of ether oxygens (including phenoxy) is 6. The van der Waals surface area contributed by atoms with Crippen LogP contribution in [0.3, 0.4) is 0 Å². The van der Waals surface area contributed by atoms with Crippen LogP contribution in [0.5, 0.6) is 51.7 Å². The molecule has 356 valence electrons. The zero-order valence-electron chi connectivity index (χ0n) is 34.9. The highest BCUT2D eigenvalue weighted by Gasteiger charge is 2.21. The number of hydrogen-bond donors (Lipinski definition) is 1. The maximum absolute atomic E-state index is 13.4. The van der Waals surface area contributed by atoms with Crippen molar-refractivity contribution in [3.05, 3.63) is 194 Å². The molecule has 13 nitrogen and oxygen atoms in total. The second-order valence-corrected chi connectivity index (χ2v) is 16.6. The third-order valence-corrected chi connectivity index (χ3v) is 11.0. The minimum Gasteiger partial charge on any atom is -0.493 e. The zero-order valence-corrected chi connectivity index (χ0v) is 42.0. The first-order chi connectivity index (χ1) is 32.3. The Hall–Kier alpha value is -6.20. The summed E-state index contributed by atoms with van der Waals surface area (Å²) in [6.45, 7) is 0. The van der Waals surface area contributed by atoms with Crippen molar-refractivity contribution in [1.82, 2.24) is 0 Å². The summed E-state index contributed by atoms with van der Waals surface area (Å²) in [6, 6.07) is 29.6. The molecule has 0 saturated heterocycles. The van der Waals surface area contributed by atoms with Crippen molar-refractivity contribution in [3.8, 4) is 51.7 Å². The molecule has 0 aliphatic rings. The van der Waals surface area contributed by atoms with Crippen molar-refractivity contribution in [2.75, 3.05) is 27.1 Å². The van der Waals surface area contributed by atoms with Crippen LogP contribution < -0.4 is 34.2 Å². The van der Waals surface area contributed by atoms with E-state index in [0.29, 0.717) is 62.6 Å². The molecular formula is C45H31Br4ClF5N3O10. The van der Waals surface area contributed by atoms with Crippen LogP contribution in [0.4, 0.5) is 39.0 Å². The Morgan fingerprint density at radius 1 is 0.441 bits per heavy atom. The molecular weight excluding hydrogens is 1190 g/mol. The number of nitro groups is 2. The number of methoxy groups -OCH3 is 3. The minimum atomic E-state index is -1.06. The fourth-order valence-electron chi connectivity index (χ4n) is 5.07. The molecule has 0 aliphatic carbocycles. The first kappa shape index (κ1) is 54.4. The zero-order chi connectivity index (χ0) is 50.2. The number of anilines is 1. The van der Waals surface area contributed by atoms with Gasteiger partial charge >= 0.3 is 11.4 Å². The summed E-state index contributed by atoms with van der Waals surface area (Å²) < 4.78 is 97.7. The summed E-state index contributed by atoms with van der Waals surface area (Å²) in [5.41, 5.74) is 4.60. The predicted octanol–water partition coefficient (Wildman–Crippen LogP) is 15.9. The van der Waals surface area contributed by atoms with E-state index >= 15 is 0 Å². The van der Waals surface area contributed by atoms with Gasteiger partial charge in [0.1, 0.15) is 29.0 Å². The lowest BCUT2D eigenvalue weighted by Gasteiger charge is -2.12. The monoisotopic (exact) mass is 1220 g/mol. The largest absolute Gasteiger partial charge is 0.493 e. The first-order valence-electron chi connectivity index (χ1n) is 18.5. The molecule has 0 heterocycles. The van der Waals surface area contributed by atoms with Crippen LogP contribution >= 0.6 is 75.3 Å². The van der Waals surface area contributed by atoms with Gasteiger partial charge in [-0.2, -0.15) is 4.39 Å². The number of nitro benzene ring substituents is 2. The van der Waals surface area contributed by atoms with Crippen molar-refractivity contribution < 1.29 is 60.2 Å². The molecule has 0 fully saturated rings. The number of para-hydroxylation sites is 6. The number of rotatable bonds is 11. The molecule has 0 amide bonds. The van der Waals surface area contributed by atoms with Gasteiger partial charge in [0, 0.05) is 18.2 Å². The molecule has 0 spiro atoms. The van der Waals surface area contributed by atoms with Gasteiger partial charge in [0.2, 0.25) is 11.6 Å². The lowest BCUT2D eigenvalue weighted by Crippen LogP contribution is -1.96. The number of halogens is 10. The Kier molecular flexibility index (Phi) is 20.6. The predicted molar refractivity (Wildman–Crippen MR) is 258 cm³/mol. The molecule has 23 heteroatoms. The van der Waals surface area contributed by atoms with Crippen LogP contribution in [-0.2, 0) is 0 Å². The summed E-state index contributed by atoms with van der Waals surface area (Å²) in [5, 5.41) is 21.2. The maximum Gasteiger partial charge on any atom is 0.314 e. The fourth-order valence-corrected chi connectivity index (χ4v) is 6.55. The van der Waals surface area contributed by atoms with Crippen molar-refractivity contribution in [3.63, 3.8) is 0 Å². The molecule has 0 aliphatic heterocycles. The SMILES string of the molecule is COc1ccccc1Oc1cc(Br)c(F)cc1Cl.COc1ccccc1Oc1cc(Br)c(F)cc1N.COc1ccccc1Oc1cc(Br)c(F)cc1[N+](=O)[O-].O=[N+]([O-])c1cc(F)c(Br)cc1F. The minimum absolute atomic E-state index is 0.0761. The molecule has 0 bridgehead atoms. The molecule has 7 aromatic rings. The van der Waals surface area contributed by atoms with Gasteiger partial charge in [-0.25, -0.2) is 17.6 Å². The van der Waals surface area contributed by atoms with Gasteiger partial charge in [-0.3, -0.25) is 20.2 Å². The van der Waals surface area contributed by atoms with Gasteiger partial charge in [-0.05, 0) is 118 Å². The Bertz CT molecular complexity index is 2820. The Labute approximate surface area is 422 Å². The third-order valence-electron chi connectivity index (χ3n) is 8.28. The topological polar surface area (TPSA) is 168 Å². The second kappa shape index (κ2) is 25.8. The first-order valence-corrected chi connectivity index (χ1v) is 22.1. The highest BCUT2D eigenvalue weighted by atomic mass is 79.9. The molecule has 68 heavy (non-hydrogen) atoms. The van der Waals surface area contributed by atoms with Crippen molar-refractivity contribution in [2.45, 2.75) is 0 Å². The summed E-state index contributed by atoms with van der Waals surface area (Å²) >= 11 is 17.8. The molecule has 0 unspecified atom stereocenters. The van der Waals surface area contributed by atoms with E-state index in [4.69, 9.17) is 45.8 Å². The number of hydrogen-bond acceptors (Lipinski definition) is 11. The third kappa shape index (κ3) is 15.2. The average Bonchev–Trinajstić information content (AvgIpc) is 3.30. The van der Waals surface area contributed by atoms with E-state index in [0.717, 1.165) is 6.07 Å². The smallest absolute Gasteiger partial charge is 0.314 e. The van der Waals surface area contributed by atoms with E-state index in [1.807, 2.05) is 24.3 Å². The summed E-state index contributed by atoms with van der Waals surface area (Å²) in [7, 11) is 4.55. The van der Waals surface area contributed by atoms with Crippen molar-refractivity contribution in [2.24, 2.45) is 0 Å². The van der Waals surface area contributed by atoms with Crippen LogP contribution in [0.25, 0.3) is 0 Å². The lowest BCUT2D eigenvalue weighted by molar-refractivity contribution is -0.387. The number of nitrogen functional groups attached to an aromatic ring is 1. The van der Waals surface area contributed by atoms with Crippen LogP contribution in [0.2, 0.25) is 5.02 Å². The summed E-state index contributed by atoms with van der Waals surface area (Å²) in [5.74, 6) is 0.0403. The quantitative estimate of drug-likeness (QED) is 0.0430. The second-order valence-electron chi connectivity index (χ2n) is 12.7. The van der Waals surface area contributed by atoms with Gasteiger partial charge in [-0.15, -0.1) is 0 Å². The van der Waals surface area contributed by atoms with E-state index in [1.54, 1.807) is 62.8 Å². The van der Waals surface area contributed by atoms with Gasteiger partial charge < -0.3 is 34.2 Å². The number of nitrogens with two attached hydrogens (primary N) is 1. The van der Waals surface area contributed by atoms with Crippen molar-refractivity contribution >= 4 is 92.4 Å². The van der Waals surface area contributed by atoms with Gasteiger partial charge in [0.05, 0.1) is 71.9 Å². The molecule has 0 radical (unpaired) electrons. The highest BCUT2D eigenvalue weighted by Crippen LogP contribution is 2.40. The summed E-state index contributed by atoms with van der Waals surface area (Å²) in [4.78, 5) is 19.3. The molecule has 7 rings (SSSR count). The van der Waals surface area contributed by atoms with Crippen molar-refractivity contribution in [1.29, 1.82) is 0 Å². The fraction of sp³-hybridized carbons (Fsp3) is 0.0667. The normalized spacial score (nSPS) is 10.1. The van der Waals surface area contributed by atoms with Gasteiger partial charge in [-0.1, -0.05) is 48.0 Å². The van der Waals surface area contributed by atoms with Crippen LogP contribution in [-0.4, -0.2) is 31.2 Å². The average molecular weight is 1220 g/mol. The Morgan fingerprint density at radius 2 is 0.765 bits per heavy atom. The molecule has 0 aromatic heterocycles. The Balaban J connectivity index is 0.000000200. The number of benzene rings is 7. The van der Waals surface area contributed by atoms with E-state index in [1.165, 1.54) is 37.4 Å². The lowest BCUT2D eigenvalue weighted by atomic mass is 10.2. The van der Waals surface area contributed by atoms with Gasteiger partial charge in [0.25, 0.3) is 0 Å². The maximum atomic E-state index is 13.4. The molecule has 7 aromatic carbocycles. The standard InChI is InChI=1S/C13H9BrClFO2.C13H9BrFNO4.C13H11BrFNO2.C6H2BrF2NO2/c1-17-11-4-2-3-5-12(11)18-13-6-8(14)10(16)7-9(13)15;1-19-11-4-2-3-5-12(11)20-13-6-8(14)9(15)7-10(13)16(17)18;1-17-11-4-2-3-5-12(11)18-13-6-8(14)9(15)7-10(13)16;7-3-1-5(9)6(10(11)12)2-4(3)8/h2-7H,1H3;2-7H,1H3;2-7H,16H2,1H3;1-2H. The van der Waals surface area contributed by atoms with Crippen LogP contribution in [0.1, 0.15) is 0 Å². The highest BCUT2D eigenvalue weighted by molar-refractivity contribution is 9.11. The molecule has 2 N–H and O–H groups in total. The summed E-state index contributed by atoms with van der Waals surface area (Å²) in [6.07, 6.45) is 0. The molecule has 0 atom stereocenters. The van der Waals surface area contributed by atoms with Gasteiger partial charge in [0.15, 0.2) is 40.2 Å². The van der Waals surface area contributed by atoms with E-state index in [2.05, 4.69) is 63.7 Å². The van der Waals surface area contributed by atoms with E-state index in [-0.39, 0.29) is 29.9 Å². The molecule has 0 saturated carbocycles. The van der Waals surface area contributed by atoms with E-state index < -0.39 is 50.3 Å². The number of nitrogens with zero attached hydrogens (tertiary/aromatic N) is 2. The Morgan fingerprint density at radius 3 is 1.19 bits per heavy atom.